The van der Waals surface area contributed by atoms with Crippen LogP contribution in [-0.4, -0.2) is 40.8 Å². The summed E-state index contributed by atoms with van der Waals surface area (Å²) in [5.41, 5.74) is -0.123. The molecular weight excluding hydrogens is 329 g/mol. The molecule has 0 atom stereocenters. The van der Waals surface area contributed by atoms with E-state index in [0.717, 1.165) is 37.8 Å². The molecule has 2 fully saturated rings. The molecule has 0 bridgehead atoms. The number of nitrogens with zero attached hydrogens (tertiary/aromatic N) is 3. The predicted molar refractivity (Wildman–Crippen MR) is 100 cm³/mol. The number of rotatable bonds is 7. The third-order valence-electron chi connectivity index (χ3n) is 6.09. The molecule has 1 saturated carbocycles. The second kappa shape index (κ2) is 6.99. The number of hydrogen-bond donors (Lipinski definition) is 0. The Bertz CT molecular complexity index is 658. The van der Waals surface area contributed by atoms with E-state index in [-0.39, 0.29) is 22.8 Å². The van der Waals surface area contributed by atoms with Gasteiger partial charge in [0.2, 0.25) is 0 Å². The lowest BCUT2D eigenvalue weighted by molar-refractivity contribution is -0.0768. The molecule has 1 saturated heterocycles. The Morgan fingerprint density at radius 1 is 1.31 bits per heavy atom. The van der Waals surface area contributed by atoms with Crippen LogP contribution in [-0.2, 0) is 19.6 Å². The summed E-state index contributed by atoms with van der Waals surface area (Å²) in [5, 5.41) is 13.9. The third-order valence-corrected chi connectivity index (χ3v) is 6.09. The monoisotopic (exact) mass is 359 g/mol. The highest BCUT2D eigenvalue weighted by Gasteiger charge is 2.53. The van der Waals surface area contributed by atoms with Crippen LogP contribution in [0.2, 0.25) is 0 Å². The van der Waals surface area contributed by atoms with Gasteiger partial charge in [-0.1, -0.05) is 13.3 Å². The van der Waals surface area contributed by atoms with E-state index in [1.165, 1.54) is 0 Å². The van der Waals surface area contributed by atoms with E-state index in [2.05, 4.69) is 18.1 Å². The van der Waals surface area contributed by atoms with Crippen molar-refractivity contribution in [1.82, 2.24) is 9.78 Å². The van der Waals surface area contributed by atoms with E-state index in [0.29, 0.717) is 6.42 Å². The Balaban J connectivity index is 1.69. The number of unbranched alkanes of at least 4 members (excludes halogenated alkanes) is 1. The van der Waals surface area contributed by atoms with Gasteiger partial charge >= 0.3 is 7.12 Å². The van der Waals surface area contributed by atoms with E-state index in [9.17, 15) is 5.26 Å². The lowest BCUT2D eigenvalue weighted by Gasteiger charge is -2.46. The molecule has 1 aliphatic carbocycles. The lowest BCUT2D eigenvalue weighted by atomic mass is 9.72. The second-order valence-electron chi connectivity index (χ2n) is 8.62. The van der Waals surface area contributed by atoms with Gasteiger partial charge in [-0.3, -0.25) is 4.68 Å². The molecular formula is C19H30BN3O3. The number of hydrogen-bond acceptors (Lipinski definition) is 5. The zero-order chi connectivity index (χ0) is 19.0. The highest BCUT2D eigenvalue weighted by molar-refractivity contribution is 6.62. The van der Waals surface area contributed by atoms with Crippen LogP contribution in [0.3, 0.4) is 0 Å². The summed E-state index contributed by atoms with van der Waals surface area (Å²) >= 11 is 0. The van der Waals surface area contributed by atoms with Crippen LogP contribution in [0.1, 0.15) is 66.7 Å². The van der Waals surface area contributed by atoms with E-state index in [4.69, 9.17) is 14.0 Å². The van der Waals surface area contributed by atoms with Crippen molar-refractivity contribution in [3.8, 4) is 6.07 Å². The predicted octanol–water partition coefficient (Wildman–Crippen LogP) is 2.77. The molecule has 0 amide bonds. The summed E-state index contributed by atoms with van der Waals surface area (Å²) in [6.07, 6.45) is 8.30. The number of ether oxygens (including phenoxy) is 1. The fourth-order valence-corrected chi connectivity index (χ4v) is 3.56. The Morgan fingerprint density at radius 3 is 2.54 bits per heavy atom. The van der Waals surface area contributed by atoms with Crippen LogP contribution in [0, 0.1) is 11.3 Å². The first-order valence-electron chi connectivity index (χ1n) is 9.62. The van der Waals surface area contributed by atoms with Crippen LogP contribution in [0.15, 0.2) is 12.4 Å². The zero-order valence-corrected chi connectivity index (χ0v) is 16.6. The smallest absolute Gasteiger partial charge is 0.399 e. The molecule has 1 aliphatic heterocycles. The maximum Gasteiger partial charge on any atom is 0.498 e. The molecule has 1 aromatic rings. The van der Waals surface area contributed by atoms with Crippen molar-refractivity contribution >= 4 is 12.6 Å². The molecule has 0 spiro atoms. The van der Waals surface area contributed by atoms with Crippen LogP contribution in [0.25, 0.3) is 0 Å². The summed E-state index contributed by atoms with van der Waals surface area (Å²) in [6.45, 7) is 11.1. The molecule has 6 nitrogen and oxygen atoms in total. The summed E-state index contributed by atoms with van der Waals surface area (Å²) in [4.78, 5) is 0. The minimum atomic E-state index is -0.426. The van der Waals surface area contributed by atoms with Crippen LogP contribution >= 0.6 is 0 Å². The van der Waals surface area contributed by atoms with Gasteiger partial charge in [0, 0.05) is 24.5 Å². The van der Waals surface area contributed by atoms with Crippen molar-refractivity contribution < 1.29 is 14.0 Å². The molecule has 7 heteroatoms. The molecule has 26 heavy (non-hydrogen) atoms. The van der Waals surface area contributed by atoms with E-state index < -0.39 is 7.12 Å². The van der Waals surface area contributed by atoms with Gasteiger partial charge in [-0.2, -0.15) is 10.4 Å². The molecule has 1 aromatic heterocycles. The van der Waals surface area contributed by atoms with Gasteiger partial charge in [-0.05, 0) is 47.0 Å². The summed E-state index contributed by atoms with van der Waals surface area (Å²) < 4.78 is 20.0. The first-order valence-corrected chi connectivity index (χ1v) is 9.62. The summed E-state index contributed by atoms with van der Waals surface area (Å²) in [6, 6.07) is 2.32. The Morgan fingerprint density at radius 2 is 1.96 bits per heavy atom. The first kappa shape index (κ1) is 19.4. The lowest BCUT2D eigenvalue weighted by Crippen LogP contribution is -2.50. The Hall–Kier alpha value is -1.36. The molecule has 0 N–H and O–H groups in total. The van der Waals surface area contributed by atoms with Crippen molar-refractivity contribution in [3.63, 3.8) is 0 Å². The Kier molecular flexibility index (Phi) is 5.22. The minimum Gasteiger partial charge on any atom is -0.399 e. The van der Waals surface area contributed by atoms with E-state index in [1.807, 2.05) is 38.6 Å². The van der Waals surface area contributed by atoms with E-state index in [1.54, 1.807) is 6.20 Å². The molecule has 0 unspecified atom stereocenters. The van der Waals surface area contributed by atoms with Crippen molar-refractivity contribution in [1.29, 1.82) is 5.26 Å². The Labute approximate surface area is 156 Å². The maximum absolute atomic E-state index is 9.30. The van der Waals surface area contributed by atoms with Crippen molar-refractivity contribution in [2.75, 3.05) is 6.61 Å². The van der Waals surface area contributed by atoms with Gasteiger partial charge in [0.1, 0.15) is 0 Å². The summed E-state index contributed by atoms with van der Waals surface area (Å²) in [7, 11) is -0.426. The topological polar surface area (TPSA) is 69.3 Å². The summed E-state index contributed by atoms with van der Waals surface area (Å²) in [5.74, 6) is 0. The minimum absolute atomic E-state index is 0.222. The average molecular weight is 359 g/mol. The van der Waals surface area contributed by atoms with Crippen molar-refractivity contribution in [2.24, 2.45) is 0 Å². The second-order valence-corrected chi connectivity index (χ2v) is 8.62. The molecule has 2 heterocycles. The third kappa shape index (κ3) is 3.43. The molecule has 142 valence electrons. The highest BCUT2D eigenvalue weighted by Crippen LogP contribution is 2.43. The van der Waals surface area contributed by atoms with E-state index >= 15 is 0 Å². The van der Waals surface area contributed by atoms with Gasteiger partial charge in [0.15, 0.2) is 0 Å². The van der Waals surface area contributed by atoms with Gasteiger partial charge in [-0.15, -0.1) is 0 Å². The van der Waals surface area contributed by atoms with Gasteiger partial charge in [0.25, 0.3) is 0 Å². The van der Waals surface area contributed by atoms with Gasteiger partial charge in [-0.25, -0.2) is 0 Å². The average Bonchev–Trinajstić information content (AvgIpc) is 3.08. The fraction of sp³-hybridized carbons (Fsp3) is 0.789. The number of aromatic nitrogens is 2. The largest absolute Gasteiger partial charge is 0.498 e. The van der Waals surface area contributed by atoms with Gasteiger partial charge in [0.05, 0.1) is 35.3 Å². The molecule has 2 aliphatic rings. The van der Waals surface area contributed by atoms with Crippen molar-refractivity contribution in [3.05, 3.63) is 12.4 Å². The van der Waals surface area contributed by atoms with Crippen LogP contribution in [0.4, 0.5) is 0 Å². The quantitative estimate of drug-likeness (QED) is 0.553. The number of nitriles is 1. The first-order chi connectivity index (χ1) is 12.2. The van der Waals surface area contributed by atoms with Crippen LogP contribution in [0.5, 0.6) is 0 Å². The molecule has 3 rings (SSSR count). The van der Waals surface area contributed by atoms with Crippen LogP contribution < -0.4 is 5.46 Å². The highest BCUT2D eigenvalue weighted by atomic mass is 16.7. The zero-order valence-electron chi connectivity index (χ0n) is 16.6. The molecule has 0 radical (unpaired) electrons. The normalized spacial score (nSPS) is 29.4. The van der Waals surface area contributed by atoms with Crippen molar-refractivity contribution in [2.45, 2.75) is 89.6 Å². The molecule has 0 aromatic carbocycles. The fourth-order valence-electron chi connectivity index (χ4n) is 3.56. The SMILES string of the molecule is CCCCOC1CC(CC#N)(n2cc(B3OC(C)(C)C(C)(C)O3)cn2)C1. The standard InChI is InChI=1S/C19H30BN3O3/c1-6-7-10-24-16-11-19(12-16,8-9-21)23-14-15(13-22-23)20-25-17(2,3)18(4,5)26-20/h13-14,16H,6-8,10-12H2,1-5H3. The van der Waals surface area contributed by atoms with Gasteiger partial charge < -0.3 is 14.0 Å². The maximum atomic E-state index is 9.30.